The standard InChI is InChI=1S/C12H21NO2S/c1-4-15-7-10(2)13-9-12(3,14)11-5-6-16-8-11/h5-6,8,10,13-14H,4,7,9H2,1-3H3. The molecular formula is C12H21NO2S. The summed E-state index contributed by atoms with van der Waals surface area (Å²) in [5.74, 6) is 0. The van der Waals surface area contributed by atoms with Crippen LogP contribution < -0.4 is 5.32 Å². The van der Waals surface area contributed by atoms with Crippen LogP contribution in [0.3, 0.4) is 0 Å². The van der Waals surface area contributed by atoms with Crippen molar-refractivity contribution in [1.82, 2.24) is 5.32 Å². The average molecular weight is 243 g/mol. The van der Waals surface area contributed by atoms with Gasteiger partial charge in [0.2, 0.25) is 0 Å². The van der Waals surface area contributed by atoms with E-state index in [1.54, 1.807) is 11.3 Å². The second kappa shape index (κ2) is 6.35. The van der Waals surface area contributed by atoms with Crippen molar-refractivity contribution >= 4 is 11.3 Å². The van der Waals surface area contributed by atoms with Crippen LogP contribution in [0.25, 0.3) is 0 Å². The van der Waals surface area contributed by atoms with Crippen LogP contribution in [0, 0.1) is 0 Å². The first-order valence-corrected chi connectivity index (χ1v) is 6.56. The van der Waals surface area contributed by atoms with E-state index in [2.05, 4.69) is 12.2 Å². The third-order valence-electron chi connectivity index (χ3n) is 2.51. The number of aliphatic hydroxyl groups is 1. The molecule has 92 valence electrons. The van der Waals surface area contributed by atoms with Gasteiger partial charge in [0, 0.05) is 19.2 Å². The van der Waals surface area contributed by atoms with Crippen molar-refractivity contribution in [2.75, 3.05) is 19.8 Å². The van der Waals surface area contributed by atoms with E-state index in [-0.39, 0.29) is 6.04 Å². The lowest BCUT2D eigenvalue weighted by Crippen LogP contribution is -2.41. The molecule has 16 heavy (non-hydrogen) atoms. The maximum absolute atomic E-state index is 10.3. The summed E-state index contributed by atoms with van der Waals surface area (Å²) in [7, 11) is 0. The van der Waals surface area contributed by atoms with E-state index < -0.39 is 5.60 Å². The first-order chi connectivity index (χ1) is 7.56. The van der Waals surface area contributed by atoms with Gasteiger partial charge in [-0.2, -0.15) is 11.3 Å². The highest BCUT2D eigenvalue weighted by molar-refractivity contribution is 7.08. The molecule has 4 heteroatoms. The fourth-order valence-electron chi connectivity index (χ4n) is 1.40. The Morgan fingerprint density at radius 1 is 1.62 bits per heavy atom. The number of nitrogens with one attached hydrogen (secondary N) is 1. The molecule has 1 aromatic heterocycles. The highest BCUT2D eigenvalue weighted by Crippen LogP contribution is 2.22. The summed E-state index contributed by atoms with van der Waals surface area (Å²) in [6.07, 6.45) is 0. The van der Waals surface area contributed by atoms with Gasteiger partial charge in [-0.05, 0) is 43.2 Å². The van der Waals surface area contributed by atoms with Crippen LogP contribution >= 0.6 is 11.3 Å². The normalized spacial score (nSPS) is 17.0. The maximum Gasteiger partial charge on any atom is 0.1000 e. The Morgan fingerprint density at radius 3 is 2.94 bits per heavy atom. The quantitative estimate of drug-likeness (QED) is 0.769. The highest BCUT2D eigenvalue weighted by atomic mass is 32.1. The Balaban J connectivity index is 2.36. The van der Waals surface area contributed by atoms with Crippen molar-refractivity contribution < 1.29 is 9.84 Å². The summed E-state index contributed by atoms with van der Waals surface area (Å²) in [5.41, 5.74) is 0.161. The second-order valence-corrected chi connectivity index (χ2v) is 5.01. The Labute approximate surface area is 101 Å². The molecule has 1 heterocycles. The fraction of sp³-hybridized carbons (Fsp3) is 0.667. The molecule has 0 fully saturated rings. The molecule has 2 unspecified atom stereocenters. The van der Waals surface area contributed by atoms with E-state index in [1.807, 2.05) is 30.7 Å². The third kappa shape index (κ3) is 4.22. The number of ether oxygens (including phenoxy) is 1. The molecule has 0 radical (unpaired) electrons. The van der Waals surface area contributed by atoms with Crippen molar-refractivity contribution in [3.63, 3.8) is 0 Å². The number of hydrogen-bond acceptors (Lipinski definition) is 4. The molecule has 0 bridgehead atoms. The van der Waals surface area contributed by atoms with E-state index in [9.17, 15) is 5.11 Å². The van der Waals surface area contributed by atoms with Gasteiger partial charge < -0.3 is 15.2 Å². The first-order valence-electron chi connectivity index (χ1n) is 5.62. The summed E-state index contributed by atoms with van der Waals surface area (Å²) < 4.78 is 5.31. The van der Waals surface area contributed by atoms with Crippen molar-refractivity contribution in [1.29, 1.82) is 0 Å². The third-order valence-corrected chi connectivity index (χ3v) is 3.19. The van der Waals surface area contributed by atoms with Crippen LogP contribution in [0.4, 0.5) is 0 Å². The molecule has 1 aromatic rings. The number of thiophene rings is 1. The van der Waals surface area contributed by atoms with E-state index >= 15 is 0 Å². The zero-order valence-electron chi connectivity index (χ0n) is 10.2. The van der Waals surface area contributed by atoms with Crippen molar-refractivity contribution in [3.8, 4) is 0 Å². The maximum atomic E-state index is 10.3. The van der Waals surface area contributed by atoms with Crippen molar-refractivity contribution in [2.24, 2.45) is 0 Å². The molecule has 2 atom stereocenters. The second-order valence-electron chi connectivity index (χ2n) is 4.23. The number of rotatable bonds is 7. The van der Waals surface area contributed by atoms with Gasteiger partial charge in [0.05, 0.1) is 12.2 Å². The summed E-state index contributed by atoms with van der Waals surface area (Å²) in [4.78, 5) is 0. The minimum Gasteiger partial charge on any atom is -0.384 e. The summed E-state index contributed by atoms with van der Waals surface area (Å²) in [6.45, 7) is 7.81. The van der Waals surface area contributed by atoms with E-state index in [0.717, 1.165) is 12.2 Å². The Morgan fingerprint density at radius 2 is 2.38 bits per heavy atom. The molecular weight excluding hydrogens is 222 g/mol. The van der Waals surface area contributed by atoms with Gasteiger partial charge in [-0.3, -0.25) is 0 Å². The van der Waals surface area contributed by atoms with Gasteiger partial charge in [0.15, 0.2) is 0 Å². The molecule has 0 amide bonds. The SMILES string of the molecule is CCOCC(C)NCC(C)(O)c1ccsc1. The summed E-state index contributed by atoms with van der Waals surface area (Å²) >= 11 is 1.60. The lowest BCUT2D eigenvalue weighted by atomic mass is 9.99. The van der Waals surface area contributed by atoms with Crippen LogP contribution in [0.5, 0.6) is 0 Å². The monoisotopic (exact) mass is 243 g/mol. The highest BCUT2D eigenvalue weighted by Gasteiger charge is 2.23. The average Bonchev–Trinajstić information content (AvgIpc) is 2.77. The van der Waals surface area contributed by atoms with E-state index in [1.165, 1.54) is 0 Å². The van der Waals surface area contributed by atoms with Crippen LogP contribution in [0.2, 0.25) is 0 Å². The lowest BCUT2D eigenvalue weighted by Gasteiger charge is -2.25. The predicted octanol–water partition coefficient (Wildman–Crippen LogP) is 1.97. The van der Waals surface area contributed by atoms with Crippen LogP contribution in [-0.2, 0) is 10.3 Å². The van der Waals surface area contributed by atoms with E-state index in [4.69, 9.17) is 4.74 Å². The molecule has 0 aliphatic carbocycles. The molecule has 0 aromatic carbocycles. The van der Waals surface area contributed by atoms with Gasteiger partial charge in [-0.25, -0.2) is 0 Å². The molecule has 1 rings (SSSR count). The molecule has 0 spiro atoms. The van der Waals surface area contributed by atoms with Gasteiger partial charge in [-0.15, -0.1) is 0 Å². The zero-order valence-corrected chi connectivity index (χ0v) is 11.0. The minimum atomic E-state index is -0.805. The Bertz CT molecular complexity index is 285. The summed E-state index contributed by atoms with van der Waals surface area (Å²) in [6, 6.07) is 2.21. The van der Waals surface area contributed by atoms with Crippen molar-refractivity contribution in [3.05, 3.63) is 22.4 Å². The van der Waals surface area contributed by atoms with Gasteiger partial charge in [-0.1, -0.05) is 0 Å². The first kappa shape index (κ1) is 13.6. The molecule has 0 aliphatic heterocycles. The molecule has 0 saturated carbocycles. The van der Waals surface area contributed by atoms with Crippen molar-refractivity contribution in [2.45, 2.75) is 32.4 Å². The molecule has 2 N–H and O–H groups in total. The zero-order chi connectivity index (χ0) is 12.0. The molecule has 3 nitrogen and oxygen atoms in total. The van der Waals surface area contributed by atoms with Gasteiger partial charge in [0.25, 0.3) is 0 Å². The smallest absolute Gasteiger partial charge is 0.1000 e. The van der Waals surface area contributed by atoms with Gasteiger partial charge in [0.1, 0.15) is 0 Å². The lowest BCUT2D eigenvalue weighted by molar-refractivity contribution is 0.0480. The van der Waals surface area contributed by atoms with Crippen LogP contribution in [-0.4, -0.2) is 30.9 Å². The topological polar surface area (TPSA) is 41.5 Å². The Kier molecular flexibility index (Phi) is 5.41. The summed E-state index contributed by atoms with van der Waals surface area (Å²) in [5, 5.41) is 17.5. The largest absolute Gasteiger partial charge is 0.384 e. The fourth-order valence-corrected chi connectivity index (χ4v) is 2.18. The van der Waals surface area contributed by atoms with Crippen LogP contribution in [0.1, 0.15) is 26.3 Å². The predicted molar refractivity (Wildman–Crippen MR) is 67.8 cm³/mol. The molecule has 0 saturated heterocycles. The molecule has 0 aliphatic rings. The minimum absolute atomic E-state index is 0.255. The number of hydrogen-bond donors (Lipinski definition) is 2. The Hall–Kier alpha value is -0.420. The van der Waals surface area contributed by atoms with E-state index in [0.29, 0.717) is 13.2 Å². The van der Waals surface area contributed by atoms with Crippen LogP contribution in [0.15, 0.2) is 16.8 Å². The van der Waals surface area contributed by atoms with Gasteiger partial charge >= 0.3 is 0 Å².